The van der Waals surface area contributed by atoms with E-state index in [0.717, 1.165) is 21.9 Å². The Morgan fingerprint density at radius 3 is 2.21 bits per heavy atom. The molecule has 0 aromatic heterocycles. The topological polar surface area (TPSA) is 105 Å². The van der Waals surface area contributed by atoms with Gasteiger partial charge in [-0.1, -0.05) is 48.4 Å². The summed E-state index contributed by atoms with van der Waals surface area (Å²) in [6.45, 7) is 6.96. The summed E-state index contributed by atoms with van der Waals surface area (Å²) in [7, 11) is -1.44. The van der Waals surface area contributed by atoms with Crippen LogP contribution in [-0.2, 0) is 26.2 Å². The van der Waals surface area contributed by atoms with Crippen LogP contribution in [0.25, 0.3) is 0 Å². The number of halogens is 1. The van der Waals surface area contributed by atoms with Crippen molar-refractivity contribution >= 4 is 39.1 Å². The van der Waals surface area contributed by atoms with Crippen molar-refractivity contribution < 1.29 is 27.5 Å². The summed E-state index contributed by atoms with van der Waals surface area (Å²) in [5, 5.41) is 3.33. The molecule has 42 heavy (non-hydrogen) atoms. The Hall–Kier alpha value is -3.76. The lowest BCUT2D eigenvalue weighted by Gasteiger charge is -2.32. The quantitative estimate of drug-likeness (QED) is 0.284. The van der Waals surface area contributed by atoms with Crippen molar-refractivity contribution in [3.8, 4) is 11.5 Å². The largest absolute Gasteiger partial charge is 0.493 e. The number of carbonyl (C=O) groups excluding carboxylic acids is 2. The first kappa shape index (κ1) is 32.8. The van der Waals surface area contributed by atoms with Crippen LogP contribution >= 0.6 is 11.6 Å². The molecule has 11 heteroatoms. The molecular formula is C31H38ClN3O6S. The molecule has 2 unspecified atom stereocenters. The standard InChI is InChI=1S/C31H38ClN3O6S/c1-7-22(3)33-31(37)23(4)34(19-24-10-8-9-21(2)17-24)30(36)20-35(26-13-11-25(32)12-14-26)42(38,39)27-15-16-28(40-5)29(18-27)41-6/h8-18,22-23H,7,19-20H2,1-6H3,(H,33,37). The average molecular weight is 616 g/mol. The van der Waals surface area contributed by atoms with Crippen molar-refractivity contribution in [3.63, 3.8) is 0 Å². The number of anilines is 1. The van der Waals surface area contributed by atoms with Gasteiger partial charge >= 0.3 is 0 Å². The summed E-state index contributed by atoms with van der Waals surface area (Å²) in [6.07, 6.45) is 0.720. The van der Waals surface area contributed by atoms with Gasteiger partial charge in [0.05, 0.1) is 24.8 Å². The van der Waals surface area contributed by atoms with Crippen molar-refractivity contribution in [3.05, 3.63) is 82.9 Å². The Morgan fingerprint density at radius 1 is 0.952 bits per heavy atom. The van der Waals surface area contributed by atoms with Crippen LogP contribution in [0.5, 0.6) is 11.5 Å². The lowest BCUT2D eigenvalue weighted by Crippen LogP contribution is -2.52. The average Bonchev–Trinajstić information content (AvgIpc) is 2.98. The molecule has 9 nitrogen and oxygen atoms in total. The number of aryl methyl sites for hydroxylation is 1. The van der Waals surface area contributed by atoms with Gasteiger partial charge in [0, 0.05) is 23.7 Å². The number of ether oxygens (including phenoxy) is 2. The number of sulfonamides is 1. The minimum Gasteiger partial charge on any atom is -0.493 e. The van der Waals surface area contributed by atoms with Crippen LogP contribution in [-0.4, -0.2) is 58.0 Å². The summed E-state index contributed by atoms with van der Waals surface area (Å²) in [5.74, 6) is -0.304. The number of nitrogens with zero attached hydrogens (tertiary/aromatic N) is 2. The molecule has 0 spiro atoms. The first-order chi connectivity index (χ1) is 19.9. The third-order valence-corrected chi connectivity index (χ3v) is 8.96. The molecule has 0 saturated heterocycles. The minimum absolute atomic E-state index is 0.0909. The molecule has 3 rings (SSSR count). The van der Waals surface area contributed by atoms with Crippen LogP contribution in [0.4, 0.5) is 5.69 Å². The third-order valence-electron chi connectivity index (χ3n) is 6.94. The lowest BCUT2D eigenvalue weighted by atomic mass is 10.1. The molecule has 0 aliphatic heterocycles. The number of nitrogens with one attached hydrogen (secondary N) is 1. The molecule has 0 aliphatic carbocycles. The number of rotatable bonds is 13. The van der Waals surface area contributed by atoms with Crippen LogP contribution in [0.15, 0.2) is 71.6 Å². The van der Waals surface area contributed by atoms with Gasteiger partial charge in [-0.05, 0) is 69.2 Å². The molecule has 1 N–H and O–H groups in total. The van der Waals surface area contributed by atoms with Gasteiger partial charge in [-0.3, -0.25) is 13.9 Å². The van der Waals surface area contributed by atoms with Gasteiger partial charge in [0.2, 0.25) is 11.8 Å². The molecule has 0 bridgehead atoms. The van der Waals surface area contributed by atoms with Crippen LogP contribution in [0.2, 0.25) is 5.02 Å². The second-order valence-corrected chi connectivity index (χ2v) is 12.3. The summed E-state index contributed by atoms with van der Waals surface area (Å²) in [4.78, 5) is 28.5. The van der Waals surface area contributed by atoms with Crippen LogP contribution in [0, 0.1) is 6.92 Å². The Labute approximate surface area is 253 Å². The fraction of sp³-hybridized carbons (Fsp3) is 0.355. The maximum Gasteiger partial charge on any atom is 0.264 e. The minimum atomic E-state index is -4.29. The van der Waals surface area contributed by atoms with Gasteiger partial charge < -0.3 is 19.7 Å². The van der Waals surface area contributed by atoms with Gasteiger partial charge in [0.1, 0.15) is 12.6 Å². The van der Waals surface area contributed by atoms with Gasteiger partial charge in [0.15, 0.2) is 11.5 Å². The van der Waals surface area contributed by atoms with Crippen molar-refractivity contribution in [2.45, 2.75) is 57.6 Å². The maximum absolute atomic E-state index is 14.1. The molecule has 3 aromatic carbocycles. The number of hydrogen-bond acceptors (Lipinski definition) is 6. The van der Waals surface area contributed by atoms with E-state index in [1.165, 1.54) is 49.5 Å². The number of hydrogen-bond donors (Lipinski definition) is 1. The summed E-state index contributed by atoms with van der Waals surface area (Å²) < 4.78 is 39.8. The second-order valence-electron chi connectivity index (χ2n) is 10.0. The fourth-order valence-corrected chi connectivity index (χ4v) is 5.85. The number of carbonyl (C=O) groups is 2. The zero-order valence-electron chi connectivity index (χ0n) is 24.8. The van der Waals surface area contributed by atoms with Gasteiger partial charge in [-0.25, -0.2) is 8.42 Å². The van der Waals surface area contributed by atoms with Crippen LogP contribution < -0.4 is 19.1 Å². The summed E-state index contributed by atoms with van der Waals surface area (Å²) >= 11 is 6.09. The molecule has 0 fully saturated rings. The fourth-order valence-electron chi connectivity index (χ4n) is 4.30. The van der Waals surface area contributed by atoms with E-state index in [2.05, 4.69) is 5.32 Å². The molecule has 0 heterocycles. The molecule has 0 radical (unpaired) electrons. The van der Waals surface area contributed by atoms with E-state index in [-0.39, 0.29) is 34.8 Å². The van der Waals surface area contributed by atoms with Gasteiger partial charge in [0.25, 0.3) is 10.0 Å². The van der Waals surface area contributed by atoms with Gasteiger partial charge in [-0.15, -0.1) is 0 Å². The Morgan fingerprint density at radius 2 is 1.62 bits per heavy atom. The number of amides is 2. The summed E-state index contributed by atoms with van der Waals surface area (Å²) in [5.41, 5.74) is 2.04. The molecule has 0 aliphatic rings. The SMILES string of the molecule is CCC(C)NC(=O)C(C)N(Cc1cccc(C)c1)C(=O)CN(c1ccc(Cl)cc1)S(=O)(=O)c1ccc(OC)c(OC)c1. The highest BCUT2D eigenvalue weighted by molar-refractivity contribution is 7.92. The number of benzene rings is 3. The highest BCUT2D eigenvalue weighted by atomic mass is 35.5. The van der Waals surface area contributed by atoms with Crippen molar-refractivity contribution in [1.29, 1.82) is 0 Å². The van der Waals surface area contributed by atoms with E-state index in [0.29, 0.717) is 10.8 Å². The summed E-state index contributed by atoms with van der Waals surface area (Å²) in [6, 6.07) is 17.0. The second kappa shape index (κ2) is 14.4. The molecule has 3 aromatic rings. The Balaban J connectivity index is 2.06. The first-order valence-corrected chi connectivity index (χ1v) is 15.4. The molecule has 0 saturated carbocycles. The highest BCUT2D eigenvalue weighted by Crippen LogP contribution is 2.32. The predicted octanol–water partition coefficient (Wildman–Crippen LogP) is 5.19. The maximum atomic E-state index is 14.1. The van der Waals surface area contributed by atoms with Gasteiger partial charge in [-0.2, -0.15) is 0 Å². The van der Waals surface area contributed by atoms with E-state index in [1.54, 1.807) is 19.1 Å². The molecular weight excluding hydrogens is 578 g/mol. The van der Waals surface area contributed by atoms with Crippen molar-refractivity contribution in [2.24, 2.45) is 0 Å². The monoisotopic (exact) mass is 615 g/mol. The van der Waals surface area contributed by atoms with E-state index in [9.17, 15) is 18.0 Å². The smallest absolute Gasteiger partial charge is 0.264 e. The molecule has 2 atom stereocenters. The zero-order chi connectivity index (χ0) is 31.0. The van der Waals surface area contributed by atoms with E-state index < -0.39 is 28.5 Å². The molecule has 226 valence electrons. The normalized spacial score (nSPS) is 12.6. The first-order valence-electron chi connectivity index (χ1n) is 13.6. The third kappa shape index (κ3) is 7.95. The van der Waals surface area contributed by atoms with Crippen LogP contribution in [0.1, 0.15) is 38.3 Å². The van der Waals surface area contributed by atoms with E-state index in [1.807, 2.05) is 45.0 Å². The van der Waals surface area contributed by atoms with Crippen LogP contribution in [0.3, 0.4) is 0 Å². The van der Waals surface area contributed by atoms with Crippen molar-refractivity contribution in [1.82, 2.24) is 10.2 Å². The Kier molecular flexibility index (Phi) is 11.2. The van der Waals surface area contributed by atoms with Crippen molar-refractivity contribution in [2.75, 3.05) is 25.1 Å². The highest BCUT2D eigenvalue weighted by Gasteiger charge is 2.33. The predicted molar refractivity (Wildman–Crippen MR) is 165 cm³/mol. The van der Waals surface area contributed by atoms with E-state index in [4.69, 9.17) is 21.1 Å². The molecule has 2 amide bonds. The van der Waals surface area contributed by atoms with E-state index >= 15 is 0 Å². The zero-order valence-corrected chi connectivity index (χ0v) is 26.3. The Bertz CT molecular complexity index is 1500. The number of methoxy groups -OCH3 is 2. The lowest BCUT2D eigenvalue weighted by molar-refractivity contribution is -0.139.